The van der Waals surface area contributed by atoms with Gasteiger partial charge in [0.1, 0.15) is 0 Å². The molecule has 1 aromatic rings. The molecule has 3 nitrogen and oxygen atoms in total. The van der Waals surface area contributed by atoms with Crippen molar-refractivity contribution in [2.45, 2.75) is 19.4 Å². The van der Waals surface area contributed by atoms with Gasteiger partial charge in [-0.2, -0.15) is 0 Å². The van der Waals surface area contributed by atoms with Crippen molar-refractivity contribution in [2.24, 2.45) is 0 Å². The smallest absolute Gasteiger partial charge is 0.238 e. The van der Waals surface area contributed by atoms with Crippen molar-refractivity contribution in [1.29, 1.82) is 0 Å². The van der Waals surface area contributed by atoms with E-state index in [1.165, 1.54) is 5.56 Å². The number of benzene rings is 1. The number of nitrogens with one attached hydrogen (secondary N) is 1. The Kier molecular flexibility index (Phi) is 2.50. The maximum absolute atomic E-state index is 11.5. The molecule has 1 N–H and O–H groups in total. The SMILES string of the molecule is CCN1NC(c2ccccc2)CC1=O. The van der Waals surface area contributed by atoms with Crippen LogP contribution in [0.2, 0.25) is 0 Å². The third-order valence-corrected chi connectivity index (χ3v) is 2.51. The molecule has 1 aliphatic rings. The second kappa shape index (κ2) is 3.80. The van der Waals surface area contributed by atoms with Gasteiger partial charge in [0.2, 0.25) is 5.91 Å². The minimum absolute atomic E-state index is 0.156. The van der Waals surface area contributed by atoms with E-state index in [1.54, 1.807) is 5.01 Å². The normalized spacial score (nSPS) is 21.6. The quantitative estimate of drug-likeness (QED) is 0.766. The standard InChI is InChI=1S/C11H14N2O/c1-2-13-11(14)8-10(12-13)9-6-4-3-5-7-9/h3-7,10,12H,2,8H2,1H3. The van der Waals surface area contributed by atoms with Crippen LogP contribution in [-0.2, 0) is 4.79 Å². The molecule has 1 fully saturated rings. The molecule has 1 heterocycles. The second-order valence-electron chi connectivity index (χ2n) is 3.43. The second-order valence-corrected chi connectivity index (χ2v) is 3.43. The highest BCUT2D eigenvalue weighted by atomic mass is 16.2. The molecule has 1 unspecified atom stereocenters. The third kappa shape index (κ3) is 1.63. The summed E-state index contributed by atoms with van der Waals surface area (Å²) in [7, 11) is 0. The van der Waals surface area contributed by atoms with Crippen molar-refractivity contribution in [3.63, 3.8) is 0 Å². The summed E-state index contributed by atoms with van der Waals surface area (Å²) in [6, 6.07) is 10.2. The van der Waals surface area contributed by atoms with E-state index in [2.05, 4.69) is 5.43 Å². The molecule has 0 aliphatic carbocycles. The molecule has 0 radical (unpaired) electrons. The van der Waals surface area contributed by atoms with E-state index in [0.717, 1.165) is 6.54 Å². The van der Waals surface area contributed by atoms with Gasteiger partial charge in [-0.3, -0.25) is 9.80 Å². The Morgan fingerprint density at radius 3 is 2.71 bits per heavy atom. The zero-order valence-corrected chi connectivity index (χ0v) is 8.23. The van der Waals surface area contributed by atoms with Gasteiger partial charge in [0.15, 0.2) is 0 Å². The first-order chi connectivity index (χ1) is 6.81. The molecule has 0 spiro atoms. The van der Waals surface area contributed by atoms with E-state index in [4.69, 9.17) is 0 Å². The van der Waals surface area contributed by atoms with Gasteiger partial charge in [-0.15, -0.1) is 0 Å². The summed E-state index contributed by atoms with van der Waals surface area (Å²) in [4.78, 5) is 11.5. The number of hydrogen-bond donors (Lipinski definition) is 1. The lowest BCUT2D eigenvalue weighted by Gasteiger charge is -2.15. The minimum atomic E-state index is 0.156. The molecule has 1 saturated heterocycles. The van der Waals surface area contributed by atoms with Crippen molar-refractivity contribution in [3.8, 4) is 0 Å². The van der Waals surface area contributed by atoms with E-state index in [1.807, 2.05) is 37.3 Å². The summed E-state index contributed by atoms with van der Waals surface area (Å²) >= 11 is 0. The van der Waals surface area contributed by atoms with E-state index >= 15 is 0 Å². The molecular weight excluding hydrogens is 176 g/mol. The molecule has 1 aromatic carbocycles. The molecular formula is C11H14N2O. The van der Waals surface area contributed by atoms with Crippen LogP contribution in [0.15, 0.2) is 30.3 Å². The lowest BCUT2D eigenvalue weighted by Crippen LogP contribution is -2.34. The lowest BCUT2D eigenvalue weighted by molar-refractivity contribution is -0.129. The van der Waals surface area contributed by atoms with Crippen LogP contribution in [0.4, 0.5) is 0 Å². The number of nitrogens with zero attached hydrogens (tertiary/aromatic N) is 1. The predicted octanol–water partition coefficient (Wildman–Crippen LogP) is 1.48. The molecule has 1 aliphatic heterocycles. The Morgan fingerprint density at radius 2 is 2.14 bits per heavy atom. The molecule has 3 heteroatoms. The van der Waals surface area contributed by atoms with Gasteiger partial charge >= 0.3 is 0 Å². The first kappa shape index (κ1) is 9.21. The first-order valence-electron chi connectivity index (χ1n) is 4.92. The van der Waals surface area contributed by atoms with Crippen molar-refractivity contribution in [3.05, 3.63) is 35.9 Å². The van der Waals surface area contributed by atoms with Gasteiger partial charge in [0.05, 0.1) is 6.04 Å². The van der Waals surface area contributed by atoms with E-state index in [-0.39, 0.29) is 11.9 Å². The van der Waals surface area contributed by atoms with Gasteiger partial charge in [-0.1, -0.05) is 30.3 Å². The number of carbonyl (C=O) groups excluding carboxylic acids is 1. The fraction of sp³-hybridized carbons (Fsp3) is 0.364. The summed E-state index contributed by atoms with van der Waals surface area (Å²) in [5.74, 6) is 0.182. The summed E-state index contributed by atoms with van der Waals surface area (Å²) in [5, 5.41) is 1.68. The highest BCUT2D eigenvalue weighted by Crippen LogP contribution is 2.22. The maximum atomic E-state index is 11.5. The number of carbonyl (C=O) groups is 1. The number of rotatable bonds is 2. The van der Waals surface area contributed by atoms with E-state index in [0.29, 0.717) is 6.42 Å². The Labute approximate surface area is 83.7 Å². The Hall–Kier alpha value is -1.35. The maximum Gasteiger partial charge on any atom is 0.238 e. The van der Waals surface area contributed by atoms with Crippen LogP contribution in [-0.4, -0.2) is 17.5 Å². The van der Waals surface area contributed by atoms with Crippen molar-refractivity contribution in [1.82, 2.24) is 10.4 Å². The van der Waals surface area contributed by atoms with Gasteiger partial charge in [-0.25, -0.2) is 5.43 Å². The zero-order valence-electron chi connectivity index (χ0n) is 8.23. The molecule has 74 valence electrons. The third-order valence-electron chi connectivity index (χ3n) is 2.51. The predicted molar refractivity (Wildman–Crippen MR) is 54.3 cm³/mol. The van der Waals surface area contributed by atoms with Crippen molar-refractivity contribution in [2.75, 3.05) is 6.54 Å². The van der Waals surface area contributed by atoms with Crippen molar-refractivity contribution < 1.29 is 4.79 Å². The monoisotopic (exact) mass is 190 g/mol. The van der Waals surface area contributed by atoms with E-state index < -0.39 is 0 Å². The molecule has 1 atom stereocenters. The van der Waals surface area contributed by atoms with Crippen LogP contribution in [0.1, 0.15) is 24.9 Å². The highest BCUT2D eigenvalue weighted by Gasteiger charge is 2.28. The van der Waals surface area contributed by atoms with Crippen LogP contribution < -0.4 is 5.43 Å². The van der Waals surface area contributed by atoms with Crippen LogP contribution in [0, 0.1) is 0 Å². The van der Waals surface area contributed by atoms with Crippen LogP contribution in [0.3, 0.4) is 0 Å². The molecule has 2 rings (SSSR count). The van der Waals surface area contributed by atoms with Gasteiger partial charge in [-0.05, 0) is 12.5 Å². The van der Waals surface area contributed by atoms with Gasteiger partial charge in [0.25, 0.3) is 0 Å². The largest absolute Gasteiger partial charge is 0.278 e. The molecule has 0 saturated carbocycles. The Balaban J connectivity index is 2.13. The molecule has 0 bridgehead atoms. The van der Waals surface area contributed by atoms with Crippen molar-refractivity contribution >= 4 is 5.91 Å². The highest BCUT2D eigenvalue weighted by molar-refractivity contribution is 5.78. The topological polar surface area (TPSA) is 32.3 Å². The lowest BCUT2D eigenvalue weighted by atomic mass is 10.1. The minimum Gasteiger partial charge on any atom is -0.278 e. The number of amides is 1. The number of hydrazine groups is 1. The summed E-state index contributed by atoms with van der Waals surface area (Å²) < 4.78 is 0. The first-order valence-corrected chi connectivity index (χ1v) is 4.92. The summed E-state index contributed by atoms with van der Waals surface area (Å²) in [6.45, 7) is 2.69. The molecule has 1 amide bonds. The average Bonchev–Trinajstić information content (AvgIpc) is 2.61. The van der Waals surface area contributed by atoms with Crippen LogP contribution in [0.25, 0.3) is 0 Å². The molecule has 0 aromatic heterocycles. The number of hydrogen-bond acceptors (Lipinski definition) is 2. The summed E-state index contributed by atoms with van der Waals surface area (Å²) in [6.07, 6.45) is 0.567. The van der Waals surface area contributed by atoms with Gasteiger partial charge < -0.3 is 0 Å². The molecule has 14 heavy (non-hydrogen) atoms. The summed E-state index contributed by atoms with van der Waals surface area (Å²) in [5.41, 5.74) is 4.37. The van der Waals surface area contributed by atoms with Crippen LogP contribution >= 0.6 is 0 Å². The van der Waals surface area contributed by atoms with E-state index in [9.17, 15) is 4.79 Å². The Morgan fingerprint density at radius 1 is 1.43 bits per heavy atom. The fourth-order valence-electron chi connectivity index (χ4n) is 1.74. The van der Waals surface area contributed by atoms with Gasteiger partial charge in [0, 0.05) is 13.0 Å². The Bertz CT molecular complexity index is 323. The zero-order chi connectivity index (χ0) is 9.97. The van der Waals surface area contributed by atoms with Crippen LogP contribution in [0.5, 0.6) is 0 Å². The average molecular weight is 190 g/mol. The fourth-order valence-corrected chi connectivity index (χ4v) is 1.74.